The van der Waals surface area contributed by atoms with E-state index >= 15 is 0 Å². The van der Waals surface area contributed by atoms with Gasteiger partial charge in [0, 0.05) is 0 Å². The van der Waals surface area contributed by atoms with Gasteiger partial charge in [-0.05, 0) is 0 Å². The number of hydrogen-bond acceptors (Lipinski definition) is 5. The second kappa shape index (κ2) is 10.7. The smallest absolute Gasteiger partial charge is 0.344 e. The Morgan fingerprint density at radius 2 is 1.07 bits per heavy atom. The molecular formula is C4H20N2O7P2. The maximum Gasteiger partial charge on any atom is 0.478 e. The molecule has 0 saturated carbocycles. The molecular weight excluding hydrogens is 250 g/mol. The summed E-state index contributed by atoms with van der Waals surface area (Å²) in [5.41, 5.74) is 0. The maximum atomic E-state index is 9.63. The normalized spacial score (nSPS) is 10.3. The third-order valence-corrected chi connectivity index (χ3v) is 2.41. The van der Waals surface area contributed by atoms with Gasteiger partial charge in [-0.1, -0.05) is 26.7 Å². The summed E-state index contributed by atoms with van der Waals surface area (Å²) in [5.74, 6) is 0. The van der Waals surface area contributed by atoms with Crippen LogP contribution in [-0.4, -0.2) is 19.6 Å². The quantitative estimate of drug-likeness (QED) is 0.409. The first-order chi connectivity index (χ1) is 5.62. The van der Waals surface area contributed by atoms with Crippen LogP contribution in [0.3, 0.4) is 0 Å². The largest absolute Gasteiger partial charge is 0.478 e. The molecule has 0 atom stereocenters. The Morgan fingerprint density at radius 3 is 1.07 bits per heavy atom. The summed E-state index contributed by atoms with van der Waals surface area (Å²) in [7, 11) is -10.1. The van der Waals surface area contributed by atoms with Crippen molar-refractivity contribution in [2.24, 2.45) is 0 Å². The van der Waals surface area contributed by atoms with Crippen LogP contribution >= 0.6 is 15.6 Å². The van der Waals surface area contributed by atoms with Crippen molar-refractivity contribution >= 4 is 15.6 Å². The molecule has 0 aliphatic rings. The molecule has 0 fully saturated rings. The molecule has 10 N–H and O–H groups in total. The number of phosphoric acid groups is 2. The standard InChI is InChI=1S/C4H10.2H3N.H4O7P2/c1-3-4-2;;;1-8(2,3)7-9(4,5)6/h3-4H2,1-2H3;2*1H3;(H2,1,2,3)(H2,4,5,6). The molecule has 0 unspecified atom stereocenters. The lowest BCUT2D eigenvalue weighted by atomic mass is 10.4. The molecule has 0 aromatic rings. The van der Waals surface area contributed by atoms with Crippen LogP contribution in [0.15, 0.2) is 0 Å². The van der Waals surface area contributed by atoms with Crippen LogP contribution in [0.4, 0.5) is 0 Å². The first-order valence-electron chi connectivity index (χ1n) is 3.44. The van der Waals surface area contributed by atoms with Gasteiger partial charge in [-0.3, -0.25) is 0 Å². The van der Waals surface area contributed by atoms with Crippen LogP contribution in [0.5, 0.6) is 0 Å². The van der Waals surface area contributed by atoms with E-state index in [1.807, 2.05) is 0 Å². The summed E-state index contributed by atoms with van der Waals surface area (Å²) in [6, 6.07) is 0. The van der Waals surface area contributed by atoms with Crippen molar-refractivity contribution in [3.8, 4) is 0 Å². The zero-order valence-corrected chi connectivity index (χ0v) is 10.5. The predicted octanol–water partition coefficient (Wildman–Crippen LogP) is 1.32. The number of unbranched alkanes of at least 4 members (excludes halogenated alkanes) is 1. The Bertz CT molecular complexity index is 189. The van der Waals surface area contributed by atoms with Gasteiger partial charge in [0.25, 0.3) is 0 Å². The van der Waals surface area contributed by atoms with E-state index in [2.05, 4.69) is 18.2 Å². The van der Waals surface area contributed by atoms with Gasteiger partial charge >= 0.3 is 15.6 Å². The van der Waals surface area contributed by atoms with Crippen molar-refractivity contribution in [1.82, 2.24) is 12.3 Å². The SMILES string of the molecule is CCCC.N.N.O=P(O)(O)OP(=O)(O)O. The van der Waals surface area contributed by atoms with E-state index < -0.39 is 15.6 Å². The Labute approximate surface area is 88.5 Å². The molecule has 0 aromatic heterocycles. The van der Waals surface area contributed by atoms with Crippen molar-refractivity contribution in [1.29, 1.82) is 0 Å². The summed E-state index contributed by atoms with van der Waals surface area (Å²) in [6.45, 7) is 4.36. The van der Waals surface area contributed by atoms with Crippen molar-refractivity contribution < 1.29 is 33.0 Å². The van der Waals surface area contributed by atoms with Gasteiger partial charge in [0.05, 0.1) is 0 Å². The number of rotatable bonds is 3. The summed E-state index contributed by atoms with van der Waals surface area (Å²) in [6.07, 6.45) is 2.64. The van der Waals surface area contributed by atoms with Crippen LogP contribution in [0, 0.1) is 0 Å². The van der Waals surface area contributed by atoms with Crippen molar-refractivity contribution in [2.45, 2.75) is 26.7 Å². The van der Waals surface area contributed by atoms with Crippen LogP contribution in [-0.2, 0) is 13.4 Å². The van der Waals surface area contributed by atoms with Gasteiger partial charge < -0.3 is 31.9 Å². The third-order valence-electron chi connectivity index (χ3n) is 0.713. The van der Waals surface area contributed by atoms with Crippen LogP contribution in [0.1, 0.15) is 26.7 Å². The van der Waals surface area contributed by atoms with E-state index in [0.717, 1.165) is 0 Å². The van der Waals surface area contributed by atoms with Gasteiger partial charge in [0.15, 0.2) is 0 Å². The van der Waals surface area contributed by atoms with E-state index in [0.29, 0.717) is 0 Å². The highest BCUT2D eigenvalue weighted by molar-refractivity contribution is 7.60. The van der Waals surface area contributed by atoms with E-state index in [4.69, 9.17) is 19.6 Å². The second-order valence-corrected chi connectivity index (χ2v) is 4.68. The minimum Gasteiger partial charge on any atom is -0.344 e. The zero-order chi connectivity index (χ0) is 11.1. The monoisotopic (exact) mass is 270 g/mol. The minimum atomic E-state index is -5.05. The van der Waals surface area contributed by atoms with Gasteiger partial charge in [-0.15, -0.1) is 0 Å². The van der Waals surface area contributed by atoms with Gasteiger partial charge in [-0.25, -0.2) is 9.13 Å². The Hall–Kier alpha value is 0.180. The van der Waals surface area contributed by atoms with Gasteiger partial charge in [-0.2, -0.15) is 4.31 Å². The summed E-state index contributed by atoms with van der Waals surface area (Å²) in [4.78, 5) is 31.0. The summed E-state index contributed by atoms with van der Waals surface area (Å²) >= 11 is 0. The van der Waals surface area contributed by atoms with Crippen LogP contribution in [0.2, 0.25) is 0 Å². The van der Waals surface area contributed by atoms with Crippen LogP contribution in [0.25, 0.3) is 0 Å². The Morgan fingerprint density at radius 1 is 0.867 bits per heavy atom. The number of hydrogen-bond donors (Lipinski definition) is 6. The van der Waals surface area contributed by atoms with E-state index in [1.165, 1.54) is 12.8 Å². The third kappa shape index (κ3) is 40.8. The maximum absolute atomic E-state index is 9.63. The highest BCUT2D eigenvalue weighted by Crippen LogP contribution is 2.53. The Kier molecular flexibility index (Phi) is 17.4. The summed E-state index contributed by atoms with van der Waals surface area (Å²) < 4.78 is 22.2. The van der Waals surface area contributed by atoms with E-state index in [9.17, 15) is 9.13 Å². The topological polar surface area (TPSA) is 194 Å². The van der Waals surface area contributed by atoms with Crippen molar-refractivity contribution in [3.63, 3.8) is 0 Å². The molecule has 0 saturated heterocycles. The highest BCUT2D eigenvalue weighted by atomic mass is 31.3. The zero-order valence-electron chi connectivity index (χ0n) is 8.74. The minimum absolute atomic E-state index is 0. The van der Waals surface area contributed by atoms with E-state index in [-0.39, 0.29) is 12.3 Å². The fourth-order valence-corrected chi connectivity index (χ4v) is 1.25. The molecule has 0 aliphatic heterocycles. The molecule has 0 bridgehead atoms. The molecule has 0 aliphatic carbocycles. The first kappa shape index (κ1) is 24.4. The average Bonchev–Trinajstić information content (AvgIpc) is 1.80. The lowest BCUT2D eigenvalue weighted by Crippen LogP contribution is -1.84. The molecule has 0 rings (SSSR count). The molecule has 9 nitrogen and oxygen atoms in total. The predicted molar refractivity (Wildman–Crippen MR) is 55.8 cm³/mol. The average molecular weight is 270 g/mol. The fourth-order valence-electron chi connectivity index (χ4n) is 0.139. The van der Waals surface area contributed by atoms with Crippen molar-refractivity contribution in [3.05, 3.63) is 0 Å². The lowest BCUT2D eigenvalue weighted by molar-refractivity contribution is 0.225. The second-order valence-electron chi connectivity index (χ2n) is 2.06. The molecule has 98 valence electrons. The van der Waals surface area contributed by atoms with Crippen molar-refractivity contribution in [2.75, 3.05) is 0 Å². The molecule has 0 spiro atoms. The van der Waals surface area contributed by atoms with Gasteiger partial charge in [0.1, 0.15) is 0 Å². The fraction of sp³-hybridized carbons (Fsp3) is 1.00. The molecule has 15 heavy (non-hydrogen) atoms. The van der Waals surface area contributed by atoms with Crippen LogP contribution < -0.4 is 12.3 Å². The van der Waals surface area contributed by atoms with E-state index in [1.54, 1.807) is 0 Å². The van der Waals surface area contributed by atoms with Gasteiger partial charge in [0.2, 0.25) is 0 Å². The highest BCUT2D eigenvalue weighted by Gasteiger charge is 2.27. The molecule has 0 amide bonds. The summed E-state index contributed by atoms with van der Waals surface area (Å²) in [5, 5.41) is 0. The lowest BCUT2D eigenvalue weighted by Gasteiger charge is -2.03. The molecule has 0 radical (unpaired) electrons. The first-order valence-corrected chi connectivity index (χ1v) is 6.51. The molecule has 0 heterocycles. The Balaban J connectivity index is -0.0000000883. The molecule has 11 heteroatoms. The molecule has 0 aromatic carbocycles.